The van der Waals surface area contributed by atoms with Gasteiger partial charge in [-0.2, -0.15) is 0 Å². The molecule has 3 heterocycles. The van der Waals surface area contributed by atoms with E-state index >= 15 is 0 Å². The molecule has 0 atom stereocenters. The first-order valence-electron chi connectivity index (χ1n) is 9.73. The van der Waals surface area contributed by atoms with E-state index < -0.39 is 5.91 Å². The minimum Gasteiger partial charge on any atom is -0.463 e. The fourth-order valence-corrected chi connectivity index (χ4v) is 4.01. The van der Waals surface area contributed by atoms with E-state index in [4.69, 9.17) is 14.6 Å². The van der Waals surface area contributed by atoms with Crippen LogP contribution in [-0.2, 0) is 12.8 Å². The first-order chi connectivity index (χ1) is 14.5. The number of pyridine rings is 1. The zero-order valence-electron chi connectivity index (χ0n) is 16.3. The van der Waals surface area contributed by atoms with Crippen LogP contribution in [0, 0.1) is 0 Å². The molecule has 0 radical (unpaired) electrons. The van der Waals surface area contributed by atoms with E-state index in [1.807, 2.05) is 12.1 Å². The lowest BCUT2D eigenvalue weighted by atomic mass is 10.0. The molecule has 0 aliphatic heterocycles. The Balaban J connectivity index is 1.55. The maximum Gasteiger partial charge on any atom is 0.293 e. The lowest BCUT2D eigenvalue weighted by molar-refractivity contribution is 0.0997. The van der Waals surface area contributed by atoms with E-state index in [1.165, 1.54) is 6.92 Å². The number of aryl methyl sites for hydroxylation is 1. The Hall–Kier alpha value is -3.87. The molecule has 0 fully saturated rings. The molecule has 5 rings (SSSR count). The van der Waals surface area contributed by atoms with E-state index in [2.05, 4.69) is 10.3 Å². The number of Topliss-reactive ketones (excluding diaryl/α,β-unsaturated/α-hetero) is 1. The number of aromatic nitrogens is 1. The second kappa shape index (κ2) is 6.88. The summed E-state index contributed by atoms with van der Waals surface area (Å²) in [5.74, 6) is 0.189. The van der Waals surface area contributed by atoms with Gasteiger partial charge in [0.25, 0.3) is 5.91 Å². The summed E-state index contributed by atoms with van der Waals surface area (Å²) in [6, 6.07) is 10.3. The summed E-state index contributed by atoms with van der Waals surface area (Å²) in [4.78, 5) is 28.9. The number of hydrogen-bond donors (Lipinski definition) is 2. The van der Waals surface area contributed by atoms with Crippen LogP contribution in [0.4, 0.5) is 11.4 Å². The fraction of sp³-hybridized carbons (Fsp3) is 0.174. The average Bonchev–Trinajstić information content (AvgIpc) is 3.47. The number of furan rings is 2. The van der Waals surface area contributed by atoms with Gasteiger partial charge in [-0.25, -0.2) is 4.98 Å². The molecule has 3 N–H and O–H groups in total. The van der Waals surface area contributed by atoms with Crippen molar-refractivity contribution >= 4 is 34.2 Å². The van der Waals surface area contributed by atoms with E-state index in [9.17, 15) is 9.59 Å². The Labute approximate surface area is 171 Å². The summed E-state index contributed by atoms with van der Waals surface area (Å²) in [6.45, 7) is 1.49. The number of nitrogens with one attached hydrogen (secondary N) is 1. The molecule has 1 aliphatic rings. The SMILES string of the molecule is CC(=O)c1ccc(NC(=O)c2oc3nc(-c4ccco4)c4c(c3c2N)CCC4)cc1. The lowest BCUT2D eigenvalue weighted by Crippen LogP contribution is -2.12. The summed E-state index contributed by atoms with van der Waals surface area (Å²) in [7, 11) is 0. The predicted molar refractivity (Wildman–Crippen MR) is 113 cm³/mol. The van der Waals surface area contributed by atoms with Crippen LogP contribution in [0.5, 0.6) is 0 Å². The number of amides is 1. The first kappa shape index (κ1) is 18.2. The van der Waals surface area contributed by atoms with Crippen molar-refractivity contribution in [3.8, 4) is 11.5 Å². The zero-order valence-corrected chi connectivity index (χ0v) is 16.3. The molecule has 0 spiro atoms. The highest BCUT2D eigenvalue weighted by Gasteiger charge is 2.28. The van der Waals surface area contributed by atoms with Crippen LogP contribution < -0.4 is 11.1 Å². The molecule has 4 aromatic rings. The molecule has 3 aromatic heterocycles. The second-order valence-electron chi connectivity index (χ2n) is 7.36. The number of fused-ring (bicyclic) bond motifs is 3. The van der Waals surface area contributed by atoms with Crippen LogP contribution in [-0.4, -0.2) is 16.7 Å². The third-order valence-electron chi connectivity index (χ3n) is 5.46. The Morgan fingerprint density at radius 1 is 1.10 bits per heavy atom. The molecule has 0 bridgehead atoms. The van der Waals surface area contributed by atoms with Crippen molar-refractivity contribution in [1.29, 1.82) is 0 Å². The van der Waals surface area contributed by atoms with Gasteiger partial charge in [0.05, 0.1) is 17.3 Å². The van der Waals surface area contributed by atoms with Crippen molar-refractivity contribution in [2.45, 2.75) is 26.2 Å². The standard InChI is InChI=1S/C23H19N3O4/c1-12(27)13-7-9-14(10-8-13)25-22(28)21-19(24)18-15-4-2-5-16(15)20(26-23(18)30-21)17-6-3-11-29-17/h3,6-11H,2,4-5,24H2,1H3,(H,25,28). The number of carbonyl (C=O) groups excluding carboxylic acids is 2. The monoisotopic (exact) mass is 401 g/mol. The minimum absolute atomic E-state index is 0.0267. The normalized spacial score (nSPS) is 12.8. The molecule has 7 nitrogen and oxygen atoms in total. The number of nitrogen functional groups attached to an aromatic ring is 1. The molecule has 0 saturated carbocycles. The van der Waals surface area contributed by atoms with Gasteiger partial charge in [-0.3, -0.25) is 9.59 Å². The van der Waals surface area contributed by atoms with Crippen LogP contribution >= 0.6 is 0 Å². The van der Waals surface area contributed by atoms with E-state index in [0.29, 0.717) is 33.8 Å². The van der Waals surface area contributed by atoms with Gasteiger partial charge in [0.15, 0.2) is 11.5 Å². The maximum atomic E-state index is 12.8. The molecule has 30 heavy (non-hydrogen) atoms. The number of carbonyl (C=O) groups is 2. The highest BCUT2D eigenvalue weighted by Crippen LogP contribution is 2.40. The number of anilines is 2. The number of nitrogens with two attached hydrogens (primary N) is 1. The molecule has 1 aliphatic carbocycles. The second-order valence-corrected chi connectivity index (χ2v) is 7.36. The minimum atomic E-state index is -0.465. The van der Waals surface area contributed by atoms with Gasteiger partial charge in [-0.05, 0) is 73.7 Å². The van der Waals surface area contributed by atoms with Crippen LogP contribution in [0.15, 0.2) is 51.5 Å². The quantitative estimate of drug-likeness (QED) is 0.483. The highest BCUT2D eigenvalue weighted by molar-refractivity contribution is 6.11. The van der Waals surface area contributed by atoms with E-state index in [1.54, 1.807) is 30.5 Å². The van der Waals surface area contributed by atoms with Gasteiger partial charge in [-0.1, -0.05) is 0 Å². The summed E-state index contributed by atoms with van der Waals surface area (Å²) in [5.41, 5.74) is 11.0. The van der Waals surface area contributed by atoms with E-state index in [-0.39, 0.29) is 11.5 Å². The number of benzene rings is 1. The molecule has 0 unspecified atom stereocenters. The highest BCUT2D eigenvalue weighted by atomic mass is 16.4. The summed E-state index contributed by atoms with van der Waals surface area (Å²) >= 11 is 0. The number of hydrogen-bond acceptors (Lipinski definition) is 6. The van der Waals surface area contributed by atoms with Gasteiger partial charge in [0.2, 0.25) is 11.5 Å². The third-order valence-corrected chi connectivity index (χ3v) is 5.46. The molecule has 1 aromatic carbocycles. The smallest absolute Gasteiger partial charge is 0.293 e. The van der Waals surface area contributed by atoms with Crippen molar-refractivity contribution in [2.75, 3.05) is 11.1 Å². The Morgan fingerprint density at radius 2 is 1.87 bits per heavy atom. The average molecular weight is 401 g/mol. The molecular formula is C23H19N3O4. The third kappa shape index (κ3) is 2.86. The molecule has 0 saturated heterocycles. The van der Waals surface area contributed by atoms with E-state index in [0.717, 1.165) is 36.1 Å². The summed E-state index contributed by atoms with van der Waals surface area (Å²) < 4.78 is 11.4. The van der Waals surface area contributed by atoms with Crippen LogP contribution in [0.1, 0.15) is 45.4 Å². The fourth-order valence-electron chi connectivity index (χ4n) is 4.01. The van der Waals surface area contributed by atoms with Crippen molar-refractivity contribution in [1.82, 2.24) is 4.98 Å². The Morgan fingerprint density at radius 3 is 2.57 bits per heavy atom. The topological polar surface area (TPSA) is 111 Å². The van der Waals surface area contributed by atoms with Gasteiger partial charge >= 0.3 is 0 Å². The van der Waals surface area contributed by atoms with Crippen molar-refractivity contribution in [2.24, 2.45) is 0 Å². The van der Waals surface area contributed by atoms with Crippen LogP contribution in [0.3, 0.4) is 0 Å². The number of nitrogens with zero attached hydrogens (tertiary/aromatic N) is 1. The van der Waals surface area contributed by atoms with Gasteiger partial charge in [0, 0.05) is 11.3 Å². The van der Waals surface area contributed by atoms with Gasteiger partial charge in [0.1, 0.15) is 5.69 Å². The maximum absolute atomic E-state index is 12.8. The summed E-state index contributed by atoms with van der Waals surface area (Å²) in [6.07, 6.45) is 4.32. The predicted octanol–water partition coefficient (Wildman–Crippen LogP) is 4.61. The lowest BCUT2D eigenvalue weighted by Gasteiger charge is -2.06. The number of rotatable bonds is 4. The molecule has 7 heteroatoms. The first-order valence-corrected chi connectivity index (χ1v) is 9.73. The molecule has 150 valence electrons. The van der Waals surface area contributed by atoms with Crippen molar-refractivity contribution < 1.29 is 18.4 Å². The Bertz CT molecular complexity index is 1280. The van der Waals surface area contributed by atoms with Crippen molar-refractivity contribution in [3.05, 3.63) is 65.1 Å². The Kier molecular flexibility index (Phi) is 4.17. The molecule has 1 amide bonds. The zero-order chi connectivity index (χ0) is 20.8. The van der Waals surface area contributed by atoms with Crippen molar-refractivity contribution in [3.63, 3.8) is 0 Å². The van der Waals surface area contributed by atoms with Gasteiger partial charge < -0.3 is 19.9 Å². The largest absolute Gasteiger partial charge is 0.463 e. The van der Waals surface area contributed by atoms with Crippen LogP contribution in [0.2, 0.25) is 0 Å². The number of ketones is 1. The molecular weight excluding hydrogens is 382 g/mol. The summed E-state index contributed by atoms with van der Waals surface area (Å²) in [5, 5.41) is 3.47. The van der Waals surface area contributed by atoms with Gasteiger partial charge in [-0.15, -0.1) is 0 Å². The van der Waals surface area contributed by atoms with Crippen LogP contribution in [0.25, 0.3) is 22.6 Å².